The molecule has 0 amide bonds. The zero-order valence-electron chi connectivity index (χ0n) is 28.8. The van der Waals surface area contributed by atoms with E-state index in [9.17, 15) is 0 Å². The number of nitrogens with one attached hydrogen (secondary N) is 2. The van der Waals surface area contributed by atoms with E-state index in [2.05, 4.69) is 135 Å². The molecule has 4 nitrogen and oxygen atoms in total. The molecular weight excluding hydrogens is 588 g/mol. The second-order valence-corrected chi connectivity index (χ2v) is 12.8. The van der Waals surface area contributed by atoms with E-state index in [1.807, 2.05) is 60.7 Å². The van der Waals surface area contributed by atoms with Crippen molar-refractivity contribution >= 4 is 22.7 Å². The van der Waals surface area contributed by atoms with Gasteiger partial charge in [-0.1, -0.05) is 131 Å². The highest BCUT2D eigenvalue weighted by Gasteiger charge is 2.26. The van der Waals surface area contributed by atoms with Crippen molar-refractivity contribution in [3.05, 3.63) is 180 Å². The Hall–Kier alpha value is -5.48. The molecule has 0 saturated heterocycles. The van der Waals surface area contributed by atoms with Crippen molar-refractivity contribution in [3.63, 3.8) is 0 Å². The summed E-state index contributed by atoms with van der Waals surface area (Å²) in [5.74, 6) is 1.74. The number of anilines is 4. The van der Waals surface area contributed by atoms with Gasteiger partial charge in [0.05, 0.1) is 14.2 Å². The molecule has 0 spiro atoms. The predicted molar refractivity (Wildman–Crippen MR) is 203 cm³/mol. The molecule has 48 heavy (non-hydrogen) atoms. The third-order valence-electron chi connectivity index (χ3n) is 8.89. The van der Waals surface area contributed by atoms with E-state index in [0.717, 1.165) is 34.2 Å². The van der Waals surface area contributed by atoms with E-state index >= 15 is 0 Å². The number of ether oxygens (including phenoxy) is 2. The Morgan fingerprint density at radius 1 is 0.396 bits per heavy atom. The van der Waals surface area contributed by atoms with Gasteiger partial charge in [0.2, 0.25) is 0 Å². The van der Waals surface area contributed by atoms with Gasteiger partial charge < -0.3 is 20.1 Å². The summed E-state index contributed by atoms with van der Waals surface area (Å²) in [5.41, 5.74) is 9.08. The van der Waals surface area contributed by atoms with Crippen molar-refractivity contribution in [3.8, 4) is 11.5 Å². The lowest BCUT2D eigenvalue weighted by Crippen LogP contribution is -2.19. The molecule has 0 saturated carbocycles. The molecule has 0 unspecified atom stereocenters. The Morgan fingerprint density at radius 2 is 0.854 bits per heavy atom. The van der Waals surface area contributed by atoms with Gasteiger partial charge in [0, 0.05) is 51.3 Å². The molecule has 4 heteroatoms. The first kappa shape index (κ1) is 33.9. The maximum absolute atomic E-state index is 5.69. The number of methoxy groups -OCH3 is 2. The third-order valence-corrected chi connectivity index (χ3v) is 8.89. The van der Waals surface area contributed by atoms with Crippen LogP contribution in [0.5, 0.6) is 11.5 Å². The Balaban J connectivity index is 0.000000188. The van der Waals surface area contributed by atoms with Crippen molar-refractivity contribution in [2.75, 3.05) is 24.9 Å². The molecule has 0 aromatic heterocycles. The van der Waals surface area contributed by atoms with Crippen LogP contribution in [0.15, 0.2) is 158 Å². The topological polar surface area (TPSA) is 42.5 Å². The molecule has 0 radical (unpaired) electrons. The van der Waals surface area contributed by atoms with Gasteiger partial charge in [-0.2, -0.15) is 0 Å². The van der Waals surface area contributed by atoms with Gasteiger partial charge in [-0.3, -0.25) is 0 Å². The van der Waals surface area contributed by atoms with Crippen molar-refractivity contribution in [2.24, 2.45) is 0 Å². The third kappa shape index (κ3) is 8.26. The fraction of sp³-hybridized carbons (Fsp3) is 0.182. The standard InChI is InChI=1S/2C22H23NO/c1-22(2,17-10-6-4-7-11-17)20-15-14-19(16-21(20)24-3)23-18-12-8-5-9-13-18;1-22(2,17-8-5-4-6-9-17)18-12-14-19(15-13-18)23-20-10-7-11-21(16-20)24-3/h2*4-16,23H,1-3H3. The molecule has 0 fully saturated rings. The summed E-state index contributed by atoms with van der Waals surface area (Å²) in [7, 11) is 3.41. The molecule has 0 aliphatic heterocycles. The monoisotopic (exact) mass is 634 g/mol. The molecule has 6 aromatic carbocycles. The first-order valence-electron chi connectivity index (χ1n) is 16.3. The van der Waals surface area contributed by atoms with Crippen LogP contribution < -0.4 is 20.1 Å². The largest absolute Gasteiger partial charge is 0.497 e. The highest BCUT2D eigenvalue weighted by atomic mass is 16.5. The Morgan fingerprint density at radius 3 is 1.42 bits per heavy atom. The predicted octanol–water partition coefficient (Wildman–Crippen LogP) is 11.5. The van der Waals surface area contributed by atoms with Crippen LogP contribution in [0.1, 0.15) is 49.9 Å². The van der Waals surface area contributed by atoms with E-state index in [-0.39, 0.29) is 10.8 Å². The van der Waals surface area contributed by atoms with Gasteiger partial charge in [0.25, 0.3) is 0 Å². The molecule has 6 rings (SSSR count). The summed E-state index contributed by atoms with van der Waals surface area (Å²) in [4.78, 5) is 0. The van der Waals surface area contributed by atoms with Crippen LogP contribution >= 0.6 is 0 Å². The van der Waals surface area contributed by atoms with Gasteiger partial charge in [-0.05, 0) is 59.2 Å². The highest BCUT2D eigenvalue weighted by Crippen LogP contribution is 2.39. The molecule has 2 N–H and O–H groups in total. The van der Waals surface area contributed by atoms with Crippen molar-refractivity contribution in [2.45, 2.75) is 38.5 Å². The van der Waals surface area contributed by atoms with Crippen molar-refractivity contribution in [1.82, 2.24) is 0 Å². The Bertz CT molecular complexity index is 1870. The van der Waals surface area contributed by atoms with Crippen LogP contribution in [0.4, 0.5) is 22.7 Å². The zero-order valence-corrected chi connectivity index (χ0v) is 28.8. The van der Waals surface area contributed by atoms with Crippen LogP contribution in [-0.2, 0) is 10.8 Å². The Kier molecular flexibility index (Phi) is 10.9. The zero-order chi connectivity index (χ0) is 34.0. The second-order valence-electron chi connectivity index (χ2n) is 12.8. The fourth-order valence-corrected chi connectivity index (χ4v) is 5.84. The minimum atomic E-state index is -0.127. The first-order valence-corrected chi connectivity index (χ1v) is 16.3. The molecule has 0 heterocycles. The maximum atomic E-state index is 5.69. The minimum Gasteiger partial charge on any atom is -0.497 e. The van der Waals surface area contributed by atoms with Crippen LogP contribution in [0.2, 0.25) is 0 Å². The lowest BCUT2D eigenvalue weighted by molar-refractivity contribution is 0.401. The van der Waals surface area contributed by atoms with Gasteiger partial charge in [0.1, 0.15) is 11.5 Å². The summed E-state index contributed by atoms with van der Waals surface area (Å²) in [6.45, 7) is 8.97. The number of rotatable bonds is 10. The van der Waals surface area contributed by atoms with Crippen molar-refractivity contribution < 1.29 is 9.47 Å². The summed E-state index contributed by atoms with van der Waals surface area (Å²) in [6.07, 6.45) is 0. The van der Waals surface area contributed by atoms with Gasteiger partial charge in [-0.25, -0.2) is 0 Å². The van der Waals surface area contributed by atoms with E-state index < -0.39 is 0 Å². The first-order chi connectivity index (χ1) is 23.2. The van der Waals surface area contributed by atoms with Gasteiger partial charge >= 0.3 is 0 Å². The fourth-order valence-electron chi connectivity index (χ4n) is 5.84. The SMILES string of the molecule is COc1cc(Nc2ccccc2)ccc1C(C)(C)c1ccccc1.COc1cccc(Nc2ccc(C(C)(C)c3ccccc3)cc2)c1. The second kappa shape index (κ2) is 15.4. The summed E-state index contributed by atoms with van der Waals surface area (Å²) in [6, 6.07) is 54.2. The molecule has 6 aromatic rings. The molecule has 0 aliphatic rings. The number of hydrogen-bond acceptors (Lipinski definition) is 4. The molecule has 0 aliphatic carbocycles. The quantitative estimate of drug-likeness (QED) is 0.157. The molecule has 244 valence electrons. The summed E-state index contributed by atoms with van der Waals surface area (Å²) >= 11 is 0. The van der Waals surface area contributed by atoms with E-state index in [1.54, 1.807) is 14.2 Å². The number of benzene rings is 6. The summed E-state index contributed by atoms with van der Waals surface area (Å²) < 4.78 is 11.0. The average Bonchev–Trinajstić information content (AvgIpc) is 3.13. The van der Waals surface area contributed by atoms with E-state index in [1.165, 1.54) is 22.3 Å². The number of hydrogen-bond donors (Lipinski definition) is 2. The minimum absolute atomic E-state index is 0.0181. The normalized spacial score (nSPS) is 11.1. The van der Waals surface area contributed by atoms with E-state index in [4.69, 9.17) is 9.47 Å². The Labute approximate surface area is 286 Å². The lowest BCUT2D eigenvalue weighted by Gasteiger charge is -2.28. The van der Waals surface area contributed by atoms with Crippen LogP contribution in [-0.4, -0.2) is 14.2 Å². The maximum Gasteiger partial charge on any atom is 0.125 e. The van der Waals surface area contributed by atoms with Crippen LogP contribution in [0, 0.1) is 0 Å². The van der Waals surface area contributed by atoms with Gasteiger partial charge in [0.15, 0.2) is 0 Å². The van der Waals surface area contributed by atoms with Gasteiger partial charge in [-0.15, -0.1) is 0 Å². The smallest absolute Gasteiger partial charge is 0.125 e. The van der Waals surface area contributed by atoms with Crippen molar-refractivity contribution in [1.29, 1.82) is 0 Å². The van der Waals surface area contributed by atoms with Crippen LogP contribution in [0.25, 0.3) is 0 Å². The van der Waals surface area contributed by atoms with Crippen LogP contribution in [0.3, 0.4) is 0 Å². The number of para-hydroxylation sites is 1. The highest BCUT2D eigenvalue weighted by molar-refractivity contribution is 5.64. The lowest BCUT2D eigenvalue weighted by atomic mass is 9.77. The van der Waals surface area contributed by atoms with E-state index in [0.29, 0.717) is 0 Å². The molecular formula is C44H46N2O2. The molecule has 0 atom stereocenters. The summed E-state index contributed by atoms with van der Waals surface area (Å²) in [5, 5.41) is 6.83. The average molecular weight is 635 g/mol. The molecule has 0 bridgehead atoms.